The molecule has 142 valence electrons. The number of aromatic nitrogens is 1. The Balaban J connectivity index is 2.07. The molecule has 0 spiro atoms. The second-order valence-electron chi connectivity index (χ2n) is 6.50. The minimum atomic E-state index is -0.390. The number of aryl methyl sites for hydroxylation is 2. The highest BCUT2D eigenvalue weighted by atomic mass is 16.5. The number of para-hydroxylation sites is 1. The number of furan rings is 1. The largest absolute Gasteiger partial charge is 0.465 e. The molecule has 2 aromatic heterocycles. The summed E-state index contributed by atoms with van der Waals surface area (Å²) < 4.78 is 12.5. The van der Waals surface area contributed by atoms with Gasteiger partial charge in [-0.3, -0.25) is 0 Å². The topological polar surface area (TPSA) is 80.5 Å². The molecule has 28 heavy (non-hydrogen) atoms. The summed E-state index contributed by atoms with van der Waals surface area (Å²) in [4.78, 5) is 16.5. The van der Waals surface area contributed by atoms with Crippen LogP contribution in [0.15, 0.2) is 39.7 Å². The molecule has 0 amide bonds. The first-order valence-electron chi connectivity index (χ1n) is 8.79. The van der Waals surface area contributed by atoms with Crippen molar-refractivity contribution in [2.45, 2.75) is 27.7 Å². The molecule has 6 nitrogen and oxygen atoms in total. The molecule has 0 N–H and O–H groups in total. The van der Waals surface area contributed by atoms with Crippen molar-refractivity contribution < 1.29 is 13.9 Å². The number of ether oxygens (including phenoxy) is 1. The summed E-state index contributed by atoms with van der Waals surface area (Å²) >= 11 is 0. The molecule has 0 aliphatic rings. The predicted octanol–water partition coefficient (Wildman–Crippen LogP) is 4.71. The van der Waals surface area contributed by atoms with Crippen molar-refractivity contribution in [3.63, 3.8) is 0 Å². The second kappa shape index (κ2) is 7.57. The Labute approximate surface area is 163 Å². The molecule has 3 rings (SSSR count). The number of hydrogen-bond donors (Lipinski definition) is 0. The third-order valence-electron chi connectivity index (χ3n) is 4.82. The summed E-state index contributed by atoms with van der Waals surface area (Å²) in [6, 6.07) is 11.4. The first kappa shape index (κ1) is 19.2. The number of benzene rings is 1. The van der Waals surface area contributed by atoms with Gasteiger partial charge < -0.3 is 13.7 Å². The van der Waals surface area contributed by atoms with Crippen molar-refractivity contribution in [1.29, 1.82) is 5.26 Å². The lowest BCUT2D eigenvalue weighted by Gasteiger charge is -2.13. The van der Waals surface area contributed by atoms with Gasteiger partial charge >= 0.3 is 5.97 Å². The molecule has 1 aromatic carbocycles. The zero-order valence-electron chi connectivity index (χ0n) is 16.5. The number of carbonyl (C=O) groups is 1. The van der Waals surface area contributed by atoms with E-state index >= 15 is 0 Å². The number of methoxy groups -OCH3 is 1. The second-order valence-corrected chi connectivity index (χ2v) is 6.50. The lowest BCUT2D eigenvalue weighted by molar-refractivity contribution is 0.0600. The molecule has 0 aliphatic heterocycles. The summed E-state index contributed by atoms with van der Waals surface area (Å²) in [7, 11) is 1.37. The summed E-state index contributed by atoms with van der Waals surface area (Å²) in [5.41, 5.74) is 5.20. The normalized spacial score (nSPS) is 11.0. The average molecular weight is 375 g/mol. The van der Waals surface area contributed by atoms with Crippen molar-refractivity contribution in [1.82, 2.24) is 4.57 Å². The van der Waals surface area contributed by atoms with E-state index in [-0.39, 0.29) is 0 Å². The van der Waals surface area contributed by atoms with Gasteiger partial charge in [-0.25, -0.2) is 9.79 Å². The Kier molecular flexibility index (Phi) is 5.18. The fourth-order valence-electron chi connectivity index (χ4n) is 3.20. The lowest BCUT2D eigenvalue weighted by atomic mass is 10.1. The van der Waals surface area contributed by atoms with E-state index < -0.39 is 5.97 Å². The van der Waals surface area contributed by atoms with Gasteiger partial charge in [-0.1, -0.05) is 12.1 Å². The van der Waals surface area contributed by atoms with Crippen LogP contribution in [0.5, 0.6) is 0 Å². The SMILES string of the molecule is COC(=O)c1ccccc1-n1c(C)cc(C=Nc2oc(C)c(C)c2C#N)c1C. The van der Waals surface area contributed by atoms with Gasteiger partial charge in [0.2, 0.25) is 5.88 Å². The Hall–Kier alpha value is -3.59. The van der Waals surface area contributed by atoms with Crippen LogP contribution in [0.4, 0.5) is 5.88 Å². The molecule has 0 saturated carbocycles. The van der Waals surface area contributed by atoms with Crippen molar-refractivity contribution in [2.75, 3.05) is 7.11 Å². The summed E-state index contributed by atoms with van der Waals surface area (Å²) in [6.07, 6.45) is 1.68. The monoisotopic (exact) mass is 375 g/mol. The number of nitriles is 1. The molecule has 0 aliphatic carbocycles. The molecule has 2 heterocycles. The molecular weight excluding hydrogens is 354 g/mol. The van der Waals surface area contributed by atoms with Gasteiger partial charge in [0.05, 0.1) is 18.4 Å². The maximum Gasteiger partial charge on any atom is 0.339 e. The number of rotatable bonds is 4. The van der Waals surface area contributed by atoms with E-state index in [4.69, 9.17) is 9.15 Å². The average Bonchev–Trinajstić information content (AvgIpc) is 3.13. The third-order valence-corrected chi connectivity index (χ3v) is 4.82. The maximum absolute atomic E-state index is 12.1. The zero-order chi connectivity index (χ0) is 20.4. The smallest absolute Gasteiger partial charge is 0.339 e. The predicted molar refractivity (Wildman–Crippen MR) is 107 cm³/mol. The molecule has 0 atom stereocenters. The standard InChI is InChI=1S/C22H21N3O3/c1-13-10-17(12-24-21-19(11-23)14(2)16(4)28-21)15(3)25(13)20-9-7-6-8-18(20)22(26)27-5/h6-10,12H,1-5H3. The number of carbonyl (C=O) groups excluding carboxylic acids is 1. The van der Waals surface area contributed by atoms with Gasteiger partial charge in [0.25, 0.3) is 0 Å². The van der Waals surface area contributed by atoms with Crippen LogP contribution in [0, 0.1) is 39.0 Å². The van der Waals surface area contributed by atoms with Crippen LogP contribution in [0.25, 0.3) is 5.69 Å². The van der Waals surface area contributed by atoms with Crippen LogP contribution in [0.3, 0.4) is 0 Å². The van der Waals surface area contributed by atoms with Crippen molar-refractivity contribution in [3.8, 4) is 11.8 Å². The fourth-order valence-corrected chi connectivity index (χ4v) is 3.20. The number of hydrogen-bond acceptors (Lipinski definition) is 5. The molecule has 3 aromatic rings. The molecular formula is C22H21N3O3. The third kappa shape index (κ3) is 3.23. The van der Waals surface area contributed by atoms with Gasteiger partial charge in [0, 0.05) is 28.7 Å². The highest BCUT2D eigenvalue weighted by molar-refractivity contribution is 5.94. The van der Waals surface area contributed by atoms with E-state index in [9.17, 15) is 10.1 Å². The Morgan fingerprint density at radius 1 is 1.25 bits per heavy atom. The van der Waals surface area contributed by atoms with Gasteiger partial charge in [0.1, 0.15) is 17.4 Å². The van der Waals surface area contributed by atoms with E-state index in [0.29, 0.717) is 22.8 Å². The van der Waals surface area contributed by atoms with Crippen molar-refractivity contribution in [3.05, 3.63) is 69.7 Å². The Morgan fingerprint density at radius 3 is 2.64 bits per heavy atom. The minimum absolute atomic E-state index is 0.303. The first-order chi connectivity index (χ1) is 13.4. The lowest BCUT2D eigenvalue weighted by Crippen LogP contribution is -2.09. The first-order valence-corrected chi connectivity index (χ1v) is 8.79. The van der Waals surface area contributed by atoms with Crippen LogP contribution in [-0.4, -0.2) is 23.9 Å². The van der Waals surface area contributed by atoms with E-state index in [2.05, 4.69) is 11.1 Å². The van der Waals surface area contributed by atoms with E-state index in [0.717, 1.165) is 28.2 Å². The molecule has 0 fully saturated rings. The fraction of sp³-hybridized carbons (Fsp3) is 0.227. The highest BCUT2D eigenvalue weighted by Crippen LogP contribution is 2.29. The van der Waals surface area contributed by atoms with Gasteiger partial charge in [-0.15, -0.1) is 0 Å². The van der Waals surface area contributed by atoms with Gasteiger partial charge in [-0.05, 0) is 45.9 Å². The Bertz CT molecular complexity index is 1130. The summed E-state index contributed by atoms with van der Waals surface area (Å²) in [5, 5.41) is 9.34. The zero-order valence-corrected chi connectivity index (χ0v) is 16.5. The maximum atomic E-state index is 12.1. The van der Waals surface area contributed by atoms with Crippen LogP contribution < -0.4 is 0 Å². The van der Waals surface area contributed by atoms with Crippen LogP contribution in [-0.2, 0) is 4.74 Å². The van der Waals surface area contributed by atoms with Crippen LogP contribution in [0.1, 0.15) is 44.2 Å². The van der Waals surface area contributed by atoms with Crippen molar-refractivity contribution >= 4 is 18.1 Å². The highest BCUT2D eigenvalue weighted by Gasteiger charge is 2.17. The van der Waals surface area contributed by atoms with Gasteiger partial charge in [-0.2, -0.15) is 5.26 Å². The van der Waals surface area contributed by atoms with Gasteiger partial charge in [0.15, 0.2) is 0 Å². The number of nitrogens with zero attached hydrogens (tertiary/aromatic N) is 3. The molecule has 0 radical (unpaired) electrons. The molecule has 0 unspecified atom stereocenters. The molecule has 0 saturated heterocycles. The number of aliphatic imine (C=N–C) groups is 1. The Morgan fingerprint density at radius 2 is 1.96 bits per heavy atom. The molecule has 0 bridgehead atoms. The van der Waals surface area contributed by atoms with Crippen LogP contribution >= 0.6 is 0 Å². The minimum Gasteiger partial charge on any atom is -0.465 e. The quantitative estimate of drug-likeness (QED) is 0.488. The van der Waals surface area contributed by atoms with E-state index in [1.165, 1.54) is 7.11 Å². The summed E-state index contributed by atoms with van der Waals surface area (Å²) in [6.45, 7) is 7.56. The molecule has 6 heteroatoms. The number of esters is 1. The van der Waals surface area contributed by atoms with Crippen LogP contribution in [0.2, 0.25) is 0 Å². The van der Waals surface area contributed by atoms with Crippen molar-refractivity contribution in [2.24, 2.45) is 4.99 Å². The summed E-state index contributed by atoms with van der Waals surface area (Å²) in [5.74, 6) is 0.594. The van der Waals surface area contributed by atoms with E-state index in [1.54, 1.807) is 18.3 Å². The van der Waals surface area contributed by atoms with E-state index in [1.807, 2.05) is 50.5 Å².